The first-order valence-electron chi connectivity index (χ1n) is 5.80. The first-order valence-corrected chi connectivity index (χ1v) is 7.28. The number of aromatic amines is 1. The van der Waals surface area contributed by atoms with E-state index in [2.05, 4.69) is 25.4 Å². The molecule has 2 aromatic rings. The minimum absolute atomic E-state index is 0.00121. The number of H-pyrrole nitrogens is 1. The van der Waals surface area contributed by atoms with Gasteiger partial charge in [-0.1, -0.05) is 19.1 Å². The number of rotatable bonds is 5. The van der Waals surface area contributed by atoms with Crippen molar-refractivity contribution < 1.29 is 13.2 Å². The molecule has 106 valence electrons. The van der Waals surface area contributed by atoms with E-state index in [1.165, 1.54) is 18.3 Å². The van der Waals surface area contributed by atoms with E-state index in [4.69, 9.17) is 0 Å². The second-order valence-electron chi connectivity index (χ2n) is 3.81. The third-order valence-electron chi connectivity index (χ3n) is 2.41. The van der Waals surface area contributed by atoms with E-state index < -0.39 is 15.9 Å². The van der Waals surface area contributed by atoms with E-state index in [9.17, 15) is 13.2 Å². The minimum atomic E-state index is -3.66. The van der Waals surface area contributed by atoms with Gasteiger partial charge in [-0.05, 0) is 12.1 Å². The molecular formula is C11H13N5O3S. The molecule has 0 bridgehead atoms. The Kier molecular flexibility index (Phi) is 4.11. The number of para-hydroxylation sites is 1. The highest BCUT2D eigenvalue weighted by molar-refractivity contribution is 7.89. The Morgan fingerprint density at radius 2 is 2.10 bits per heavy atom. The molecule has 2 rings (SSSR count). The molecular weight excluding hydrogens is 282 g/mol. The molecule has 1 aromatic heterocycles. The molecule has 0 spiro atoms. The number of hydrogen-bond donors (Lipinski definition) is 3. The van der Waals surface area contributed by atoms with Gasteiger partial charge >= 0.3 is 0 Å². The zero-order chi connectivity index (χ0) is 14.6. The first-order chi connectivity index (χ1) is 9.54. The van der Waals surface area contributed by atoms with Gasteiger partial charge < -0.3 is 5.32 Å². The number of hydrogen-bond acceptors (Lipinski definition) is 5. The Bertz CT molecular complexity index is 697. The van der Waals surface area contributed by atoms with Crippen molar-refractivity contribution >= 4 is 21.6 Å². The molecule has 0 radical (unpaired) electrons. The average molecular weight is 295 g/mol. The van der Waals surface area contributed by atoms with Crippen molar-refractivity contribution in [2.45, 2.75) is 11.8 Å². The molecule has 0 aliphatic carbocycles. The maximum absolute atomic E-state index is 12.0. The van der Waals surface area contributed by atoms with Crippen LogP contribution in [-0.4, -0.2) is 36.3 Å². The molecule has 0 atom stereocenters. The monoisotopic (exact) mass is 295 g/mol. The molecule has 1 aromatic carbocycles. The number of nitrogens with zero attached hydrogens (tertiary/aromatic N) is 2. The van der Waals surface area contributed by atoms with Crippen LogP contribution in [0.2, 0.25) is 0 Å². The van der Waals surface area contributed by atoms with E-state index in [1.807, 2.05) is 0 Å². The molecule has 9 heteroatoms. The third-order valence-corrected chi connectivity index (χ3v) is 4.01. The number of aromatic nitrogens is 3. The van der Waals surface area contributed by atoms with Gasteiger partial charge in [0.1, 0.15) is 4.90 Å². The molecule has 0 unspecified atom stereocenters. The minimum Gasteiger partial charge on any atom is -0.319 e. The summed E-state index contributed by atoms with van der Waals surface area (Å²) in [5, 5.41) is 12.0. The quantitative estimate of drug-likeness (QED) is 0.736. The number of amides is 1. The van der Waals surface area contributed by atoms with Crippen LogP contribution in [0, 0.1) is 0 Å². The van der Waals surface area contributed by atoms with Gasteiger partial charge in [-0.15, -0.1) is 0 Å². The van der Waals surface area contributed by atoms with Crippen LogP contribution >= 0.6 is 0 Å². The van der Waals surface area contributed by atoms with Gasteiger partial charge in [-0.25, -0.2) is 13.1 Å². The molecule has 0 aliphatic heterocycles. The second kappa shape index (κ2) is 5.80. The summed E-state index contributed by atoms with van der Waals surface area (Å²) in [6.07, 6.45) is 1.25. The molecule has 3 N–H and O–H groups in total. The van der Waals surface area contributed by atoms with E-state index in [-0.39, 0.29) is 22.8 Å². The van der Waals surface area contributed by atoms with Crippen LogP contribution in [0.25, 0.3) is 0 Å². The lowest BCUT2D eigenvalue weighted by Crippen LogP contribution is -2.25. The number of carbonyl (C=O) groups excluding carboxylic acids is 1. The highest BCUT2D eigenvalue weighted by atomic mass is 32.2. The average Bonchev–Trinajstić information content (AvgIpc) is 2.93. The second-order valence-corrected chi connectivity index (χ2v) is 5.54. The number of sulfonamides is 1. The van der Waals surface area contributed by atoms with Crippen molar-refractivity contribution in [1.29, 1.82) is 0 Å². The normalized spacial score (nSPS) is 11.2. The van der Waals surface area contributed by atoms with Crippen molar-refractivity contribution in [2.24, 2.45) is 0 Å². The number of benzene rings is 1. The SMILES string of the molecule is CCNS(=O)(=O)c1ccccc1NC(=O)c1cn[nH]n1. The zero-order valence-corrected chi connectivity index (χ0v) is 11.4. The van der Waals surface area contributed by atoms with Crippen LogP contribution in [0.3, 0.4) is 0 Å². The van der Waals surface area contributed by atoms with Gasteiger partial charge in [-0.2, -0.15) is 15.4 Å². The molecule has 1 heterocycles. The van der Waals surface area contributed by atoms with Crippen molar-refractivity contribution in [3.8, 4) is 0 Å². The summed E-state index contributed by atoms with van der Waals surface area (Å²) in [6, 6.07) is 6.12. The summed E-state index contributed by atoms with van der Waals surface area (Å²) in [4.78, 5) is 11.9. The zero-order valence-electron chi connectivity index (χ0n) is 10.6. The predicted octanol–water partition coefficient (Wildman–Crippen LogP) is 0.355. The molecule has 8 nitrogen and oxygen atoms in total. The Labute approximate surface area is 115 Å². The fourth-order valence-electron chi connectivity index (χ4n) is 1.57. The fourth-order valence-corrected chi connectivity index (χ4v) is 2.77. The van der Waals surface area contributed by atoms with Crippen LogP contribution in [0.1, 0.15) is 17.4 Å². The molecule has 0 saturated heterocycles. The van der Waals surface area contributed by atoms with Gasteiger partial charge in [0.25, 0.3) is 5.91 Å². The topological polar surface area (TPSA) is 117 Å². The van der Waals surface area contributed by atoms with Gasteiger partial charge in [0.15, 0.2) is 5.69 Å². The summed E-state index contributed by atoms with van der Waals surface area (Å²) < 4.78 is 26.4. The van der Waals surface area contributed by atoms with Gasteiger partial charge in [-0.3, -0.25) is 4.79 Å². The lowest BCUT2D eigenvalue weighted by Gasteiger charge is -2.10. The van der Waals surface area contributed by atoms with Gasteiger partial charge in [0.2, 0.25) is 10.0 Å². The summed E-state index contributed by atoms with van der Waals surface area (Å²) in [7, 11) is -3.66. The van der Waals surface area contributed by atoms with Crippen molar-refractivity contribution in [3.05, 3.63) is 36.2 Å². The lowest BCUT2D eigenvalue weighted by atomic mass is 10.3. The largest absolute Gasteiger partial charge is 0.319 e. The Balaban J connectivity index is 2.32. The molecule has 20 heavy (non-hydrogen) atoms. The van der Waals surface area contributed by atoms with Crippen molar-refractivity contribution in [1.82, 2.24) is 20.1 Å². The Hall–Kier alpha value is -2.26. The lowest BCUT2D eigenvalue weighted by molar-refractivity contribution is 0.102. The van der Waals surface area contributed by atoms with E-state index in [0.29, 0.717) is 0 Å². The summed E-state index contributed by atoms with van der Waals surface area (Å²) >= 11 is 0. The van der Waals surface area contributed by atoms with Gasteiger partial charge in [0.05, 0.1) is 11.9 Å². The van der Waals surface area contributed by atoms with E-state index in [0.717, 1.165) is 0 Å². The van der Waals surface area contributed by atoms with Crippen molar-refractivity contribution in [2.75, 3.05) is 11.9 Å². The summed E-state index contributed by atoms with van der Waals surface area (Å²) in [5.41, 5.74) is 0.252. The summed E-state index contributed by atoms with van der Waals surface area (Å²) in [5.74, 6) is -0.544. The third kappa shape index (κ3) is 3.00. The number of carbonyl (C=O) groups is 1. The highest BCUT2D eigenvalue weighted by Crippen LogP contribution is 2.20. The highest BCUT2D eigenvalue weighted by Gasteiger charge is 2.19. The smallest absolute Gasteiger partial charge is 0.277 e. The van der Waals surface area contributed by atoms with Crippen LogP contribution in [-0.2, 0) is 10.0 Å². The molecule has 0 aliphatic rings. The predicted molar refractivity (Wildman–Crippen MR) is 71.6 cm³/mol. The fraction of sp³-hybridized carbons (Fsp3) is 0.182. The van der Waals surface area contributed by atoms with Gasteiger partial charge in [0, 0.05) is 6.54 Å². The Morgan fingerprint density at radius 1 is 1.35 bits per heavy atom. The number of anilines is 1. The molecule has 0 fully saturated rings. The van der Waals surface area contributed by atoms with Crippen LogP contribution in [0.4, 0.5) is 5.69 Å². The van der Waals surface area contributed by atoms with Crippen LogP contribution < -0.4 is 10.0 Å². The first kappa shape index (κ1) is 14.2. The van der Waals surface area contributed by atoms with Crippen LogP contribution in [0.5, 0.6) is 0 Å². The molecule has 0 saturated carbocycles. The maximum atomic E-state index is 12.0. The summed E-state index contributed by atoms with van der Waals surface area (Å²) in [6.45, 7) is 1.93. The van der Waals surface area contributed by atoms with E-state index >= 15 is 0 Å². The van der Waals surface area contributed by atoms with E-state index in [1.54, 1.807) is 19.1 Å². The van der Waals surface area contributed by atoms with Crippen molar-refractivity contribution in [3.63, 3.8) is 0 Å². The standard InChI is InChI=1S/C11H13N5O3S/c1-2-13-20(18,19)10-6-4-3-5-8(10)14-11(17)9-7-12-16-15-9/h3-7,13H,2H2,1H3,(H,14,17)(H,12,15,16). The number of nitrogens with one attached hydrogen (secondary N) is 3. The van der Waals surface area contributed by atoms with Crippen LogP contribution in [0.15, 0.2) is 35.4 Å². The molecule has 1 amide bonds. The maximum Gasteiger partial charge on any atom is 0.277 e. The Morgan fingerprint density at radius 3 is 2.75 bits per heavy atom.